The summed E-state index contributed by atoms with van der Waals surface area (Å²) in [4.78, 5) is 14.4. The fraction of sp³-hybridized carbons (Fsp3) is 0. The summed E-state index contributed by atoms with van der Waals surface area (Å²) in [6.45, 7) is 0. The standard InChI is InChI=1S/C11H9BrN4O3/c12-7-3-1-4-8(16(17)18)11(7)19-10-6-2-5-9(14-10)15-13/h1-6H,13H2,(H,14,15). The third kappa shape index (κ3) is 2.98. The Kier molecular flexibility index (Phi) is 3.93. The van der Waals surface area contributed by atoms with Gasteiger partial charge in [0.1, 0.15) is 5.82 Å². The maximum Gasteiger partial charge on any atom is 0.312 e. The summed E-state index contributed by atoms with van der Waals surface area (Å²) in [7, 11) is 0. The second kappa shape index (κ2) is 5.63. The Labute approximate surface area is 116 Å². The monoisotopic (exact) mass is 324 g/mol. The van der Waals surface area contributed by atoms with Crippen molar-refractivity contribution in [2.45, 2.75) is 0 Å². The lowest BCUT2D eigenvalue weighted by Crippen LogP contribution is -2.08. The van der Waals surface area contributed by atoms with E-state index < -0.39 is 4.92 Å². The van der Waals surface area contributed by atoms with Crippen LogP contribution in [0.4, 0.5) is 11.5 Å². The minimum Gasteiger partial charge on any atom is -0.431 e. The lowest BCUT2D eigenvalue weighted by Gasteiger charge is -2.08. The van der Waals surface area contributed by atoms with Gasteiger partial charge in [-0.25, -0.2) is 5.84 Å². The summed E-state index contributed by atoms with van der Waals surface area (Å²) in [5.41, 5.74) is 2.22. The van der Waals surface area contributed by atoms with Gasteiger partial charge < -0.3 is 10.2 Å². The van der Waals surface area contributed by atoms with Crippen molar-refractivity contribution < 1.29 is 9.66 Å². The average Bonchev–Trinajstić information content (AvgIpc) is 2.41. The average molecular weight is 325 g/mol. The largest absolute Gasteiger partial charge is 0.431 e. The summed E-state index contributed by atoms with van der Waals surface area (Å²) in [6.07, 6.45) is 0. The highest BCUT2D eigenvalue weighted by Crippen LogP contribution is 2.37. The van der Waals surface area contributed by atoms with Crippen LogP contribution in [0, 0.1) is 10.1 Å². The lowest BCUT2D eigenvalue weighted by atomic mass is 10.3. The molecule has 0 fully saturated rings. The van der Waals surface area contributed by atoms with Crippen molar-refractivity contribution >= 4 is 27.4 Å². The number of hydrogen-bond acceptors (Lipinski definition) is 6. The molecular formula is C11H9BrN4O3. The zero-order valence-corrected chi connectivity index (χ0v) is 11.1. The van der Waals surface area contributed by atoms with E-state index in [0.29, 0.717) is 10.3 Å². The molecule has 98 valence electrons. The van der Waals surface area contributed by atoms with Crippen LogP contribution in [0.15, 0.2) is 40.9 Å². The Morgan fingerprint density at radius 3 is 2.74 bits per heavy atom. The molecule has 0 amide bonds. The fourth-order valence-corrected chi connectivity index (χ4v) is 1.84. The fourth-order valence-electron chi connectivity index (χ4n) is 1.40. The predicted molar refractivity (Wildman–Crippen MR) is 72.9 cm³/mol. The Balaban J connectivity index is 2.40. The molecule has 2 rings (SSSR count). The number of hydrogen-bond donors (Lipinski definition) is 2. The molecule has 0 bridgehead atoms. The number of para-hydroxylation sites is 1. The quantitative estimate of drug-likeness (QED) is 0.509. The molecule has 0 saturated carbocycles. The van der Waals surface area contributed by atoms with Gasteiger partial charge in [0.25, 0.3) is 0 Å². The van der Waals surface area contributed by atoms with Crippen molar-refractivity contribution in [3.05, 3.63) is 51.0 Å². The molecule has 0 radical (unpaired) electrons. The maximum absolute atomic E-state index is 10.9. The van der Waals surface area contributed by atoms with Gasteiger partial charge in [0.15, 0.2) is 0 Å². The van der Waals surface area contributed by atoms with Gasteiger partial charge in [0, 0.05) is 12.1 Å². The number of nitrogens with two attached hydrogens (primary N) is 1. The van der Waals surface area contributed by atoms with Crippen LogP contribution in [0.25, 0.3) is 0 Å². The molecule has 0 aliphatic heterocycles. The molecular weight excluding hydrogens is 316 g/mol. The SMILES string of the molecule is NNc1cccc(Oc2c(Br)cccc2[N+](=O)[O-])n1. The molecule has 0 saturated heterocycles. The molecule has 3 N–H and O–H groups in total. The Hall–Kier alpha value is -2.19. The van der Waals surface area contributed by atoms with Crippen LogP contribution in [0.2, 0.25) is 0 Å². The summed E-state index contributed by atoms with van der Waals surface area (Å²) in [5, 5.41) is 10.9. The molecule has 1 aromatic carbocycles. The van der Waals surface area contributed by atoms with E-state index in [-0.39, 0.29) is 17.3 Å². The number of nitrogens with zero attached hydrogens (tertiary/aromatic N) is 2. The summed E-state index contributed by atoms with van der Waals surface area (Å²) < 4.78 is 5.92. The van der Waals surface area contributed by atoms with Crippen molar-refractivity contribution in [2.24, 2.45) is 5.84 Å². The highest BCUT2D eigenvalue weighted by Gasteiger charge is 2.19. The number of aromatic nitrogens is 1. The van der Waals surface area contributed by atoms with Crippen LogP contribution in [-0.2, 0) is 0 Å². The minimum absolute atomic E-state index is 0.0918. The number of ether oxygens (including phenoxy) is 1. The number of halogens is 1. The van der Waals surface area contributed by atoms with Crippen LogP contribution in [-0.4, -0.2) is 9.91 Å². The number of nitro benzene ring substituents is 1. The third-order valence-electron chi connectivity index (χ3n) is 2.22. The van der Waals surface area contributed by atoms with E-state index in [1.54, 1.807) is 30.3 Å². The van der Waals surface area contributed by atoms with Gasteiger partial charge in [-0.05, 0) is 28.1 Å². The van der Waals surface area contributed by atoms with Gasteiger partial charge in [-0.3, -0.25) is 10.1 Å². The van der Waals surface area contributed by atoms with E-state index in [1.165, 1.54) is 6.07 Å². The third-order valence-corrected chi connectivity index (χ3v) is 2.85. The van der Waals surface area contributed by atoms with E-state index in [9.17, 15) is 10.1 Å². The van der Waals surface area contributed by atoms with E-state index >= 15 is 0 Å². The number of nitrogens with one attached hydrogen (secondary N) is 1. The van der Waals surface area contributed by atoms with Gasteiger partial charge in [-0.2, -0.15) is 4.98 Å². The Morgan fingerprint density at radius 1 is 1.32 bits per heavy atom. The van der Waals surface area contributed by atoms with Gasteiger partial charge in [-0.1, -0.05) is 12.1 Å². The van der Waals surface area contributed by atoms with E-state index in [2.05, 4.69) is 26.3 Å². The van der Waals surface area contributed by atoms with Gasteiger partial charge in [0.2, 0.25) is 11.6 Å². The second-order valence-corrected chi connectivity index (χ2v) is 4.31. The predicted octanol–water partition coefficient (Wildman–Crippen LogP) is 2.83. The van der Waals surface area contributed by atoms with Crippen molar-refractivity contribution in [1.29, 1.82) is 0 Å². The highest BCUT2D eigenvalue weighted by molar-refractivity contribution is 9.10. The summed E-state index contributed by atoms with van der Waals surface area (Å²) in [6, 6.07) is 9.43. The Bertz CT molecular complexity index is 621. The van der Waals surface area contributed by atoms with Crippen LogP contribution in [0.1, 0.15) is 0 Å². The lowest BCUT2D eigenvalue weighted by molar-refractivity contribution is -0.385. The van der Waals surface area contributed by atoms with Crippen LogP contribution >= 0.6 is 15.9 Å². The number of rotatable bonds is 4. The van der Waals surface area contributed by atoms with Crippen molar-refractivity contribution in [3.63, 3.8) is 0 Å². The zero-order valence-electron chi connectivity index (χ0n) is 9.54. The van der Waals surface area contributed by atoms with Gasteiger partial charge in [-0.15, -0.1) is 0 Å². The molecule has 0 atom stereocenters. The normalized spacial score (nSPS) is 10.0. The molecule has 2 aromatic rings. The van der Waals surface area contributed by atoms with Crippen molar-refractivity contribution in [1.82, 2.24) is 4.98 Å². The van der Waals surface area contributed by atoms with Crippen LogP contribution in [0.5, 0.6) is 11.6 Å². The first-order valence-corrected chi connectivity index (χ1v) is 5.95. The molecule has 1 heterocycles. The molecule has 0 spiro atoms. The van der Waals surface area contributed by atoms with E-state index in [4.69, 9.17) is 10.6 Å². The first-order chi connectivity index (χ1) is 9.11. The van der Waals surface area contributed by atoms with E-state index in [0.717, 1.165) is 0 Å². The van der Waals surface area contributed by atoms with Crippen LogP contribution < -0.4 is 16.0 Å². The first kappa shape index (κ1) is 13.2. The first-order valence-electron chi connectivity index (χ1n) is 5.16. The summed E-state index contributed by atoms with van der Waals surface area (Å²) in [5.74, 6) is 5.92. The van der Waals surface area contributed by atoms with E-state index in [1.807, 2.05) is 0 Å². The second-order valence-electron chi connectivity index (χ2n) is 3.45. The van der Waals surface area contributed by atoms with Gasteiger partial charge in [0.05, 0.1) is 9.40 Å². The number of nitro groups is 1. The number of pyridine rings is 1. The van der Waals surface area contributed by atoms with Crippen molar-refractivity contribution in [2.75, 3.05) is 5.43 Å². The molecule has 8 heteroatoms. The highest BCUT2D eigenvalue weighted by atomic mass is 79.9. The molecule has 0 aliphatic carbocycles. The number of hydrazine groups is 1. The van der Waals surface area contributed by atoms with Crippen molar-refractivity contribution in [3.8, 4) is 11.6 Å². The zero-order chi connectivity index (χ0) is 13.8. The molecule has 7 nitrogen and oxygen atoms in total. The molecule has 1 aromatic heterocycles. The Morgan fingerprint density at radius 2 is 2.05 bits per heavy atom. The summed E-state index contributed by atoms with van der Waals surface area (Å²) >= 11 is 3.21. The number of anilines is 1. The number of nitrogen functional groups attached to an aromatic ring is 1. The number of benzene rings is 1. The van der Waals surface area contributed by atoms with Gasteiger partial charge >= 0.3 is 5.69 Å². The topological polar surface area (TPSA) is 103 Å². The smallest absolute Gasteiger partial charge is 0.312 e. The molecule has 0 aliphatic rings. The van der Waals surface area contributed by atoms with Crippen LogP contribution in [0.3, 0.4) is 0 Å². The molecule has 19 heavy (non-hydrogen) atoms. The maximum atomic E-state index is 10.9. The molecule has 0 unspecified atom stereocenters. The minimum atomic E-state index is -0.523.